The van der Waals surface area contributed by atoms with Crippen molar-refractivity contribution in [3.63, 3.8) is 0 Å². The number of thiazole rings is 1. The van der Waals surface area contributed by atoms with Gasteiger partial charge in [-0.25, -0.2) is 4.98 Å². The van der Waals surface area contributed by atoms with Crippen molar-refractivity contribution >= 4 is 51.6 Å². The second-order valence-corrected chi connectivity index (χ2v) is 8.60. The second kappa shape index (κ2) is 8.29. The summed E-state index contributed by atoms with van der Waals surface area (Å²) in [5, 5.41) is 6.80. The Hall–Kier alpha value is -2.09. The van der Waals surface area contributed by atoms with Crippen molar-refractivity contribution < 1.29 is 4.79 Å². The first-order valence-corrected chi connectivity index (χ1v) is 10.7. The first kappa shape index (κ1) is 18.3. The molecule has 1 saturated carbocycles. The number of nitrogens with one attached hydrogen (secondary N) is 2. The number of carbonyl (C=O) groups is 1. The molecule has 3 aromatic rings. The van der Waals surface area contributed by atoms with Crippen molar-refractivity contribution in [1.29, 1.82) is 0 Å². The van der Waals surface area contributed by atoms with Gasteiger partial charge in [0.15, 0.2) is 5.13 Å². The van der Waals surface area contributed by atoms with Crippen LogP contribution in [0.4, 0.5) is 10.8 Å². The van der Waals surface area contributed by atoms with Crippen LogP contribution in [0.25, 0.3) is 11.1 Å². The standard InChI is InChI=1S/C19H17ClN4OS2/c20-16-8-12(13-2-1-7-21-10-13)3-6-17(16)23-18(25)9-14-11-26-19(22-14)24-27-15-4-5-15/h1-3,6-8,10-11,15H,4-5,9H2,(H,22,24)(H,23,25). The number of nitrogens with zero attached hydrogens (tertiary/aromatic N) is 2. The van der Waals surface area contributed by atoms with Crippen molar-refractivity contribution in [2.24, 2.45) is 0 Å². The van der Waals surface area contributed by atoms with E-state index in [1.165, 1.54) is 24.2 Å². The van der Waals surface area contributed by atoms with Gasteiger partial charge in [0.1, 0.15) is 0 Å². The topological polar surface area (TPSA) is 66.9 Å². The zero-order valence-corrected chi connectivity index (χ0v) is 16.7. The third-order valence-corrected chi connectivity index (χ3v) is 6.33. The average Bonchev–Trinajstić information content (AvgIpc) is 3.41. The Balaban J connectivity index is 1.36. The molecule has 5 nitrogen and oxygen atoms in total. The van der Waals surface area contributed by atoms with E-state index in [9.17, 15) is 4.79 Å². The van der Waals surface area contributed by atoms with Gasteiger partial charge < -0.3 is 10.0 Å². The molecule has 4 rings (SSSR count). The van der Waals surface area contributed by atoms with Crippen LogP contribution < -0.4 is 10.0 Å². The third kappa shape index (κ3) is 5.00. The molecular formula is C19H17ClN4OS2. The molecule has 0 saturated heterocycles. The molecule has 2 N–H and O–H groups in total. The van der Waals surface area contributed by atoms with Crippen LogP contribution in [0.3, 0.4) is 0 Å². The van der Waals surface area contributed by atoms with Gasteiger partial charge in [0.05, 0.1) is 22.8 Å². The second-order valence-electron chi connectivity index (χ2n) is 6.22. The molecule has 1 aromatic carbocycles. The maximum atomic E-state index is 12.3. The van der Waals surface area contributed by atoms with Gasteiger partial charge in [-0.3, -0.25) is 9.78 Å². The van der Waals surface area contributed by atoms with Crippen LogP contribution in [0.1, 0.15) is 18.5 Å². The van der Waals surface area contributed by atoms with Gasteiger partial charge in [0.25, 0.3) is 0 Å². The molecule has 138 valence electrons. The van der Waals surface area contributed by atoms with E-state index in [-0.39, 0.29) is 12.3 Å². The van der Waals surface area contributed by atoms with Gasteiger partial charge >= 0.3 is 0 Å². The molecule has 1 amide bonds. The Morgan fingerprint density at radius 3 is 2.93 bits per heavy atom. The summed E-state index contributed by atoms with van der Waals surface area (Å²) < 4.78 is 3.25. The fraction of sp³-hybridized carbons (Fsp3) is 0.211. The fourth-order valence-electron chi connectivity index (χ4n) is 2.44. The summed E-state index contributed by atoms with van der Waals surface area (Å²) in [5.74, 6) is -0.141. The lowest BCUT2D eigenvalue weighted by Crippen LogP contribution is -2.14. The minimum atomic E-state index is -0.141. The maximum Gasteiger partial charge on any atom is 0.230 e. The van der Waals surface area contributed by atoms with Gasteiger partial charge in [0, 0.05) is 28.6 Å². The molecule has 2 heterocycles. The minimum absolute atomic E-state index is 0.141. The van der Waals surface area contributed by atoms with Crippen LogP contribution in [0.15, 0.2) is 48.1 Å². The Morgan fingerprint density at radius 1 is 1.30 bits per heavy atom. The molecule has 27 heavy (non-hydrogen) atoms. The highest BCUT2D eigenvalue weighted by molar-refractivity contribution is 8.01. The average molecular weight is 417 g/mol. The van der Waals surface area contributed by atoms with Crippen LogP contribution in [0.2, 0.25) is 5.02 Å². The zero-order chi connectivity index (χ0) is 18.6. The van der Waals surface area contributed by atoms with Crippen LogP contribution in [-0.2, 0) is 11.2 Å². The van der Waals surface area contributed by atoms with Gasteiger partial charge in [-0.2, -0.15) is 0 Å². The molecule has 0 spiro atoms. The molecule has 0 bridgehead atoms. The minimum Gasteiger partial charge on any atom is -0.324 e. The molecular weight excluding hydrogens is 400 g/mol. The molecule has 2 aromatic heterocycles. The molecule has 1 aliphatic rings. The van der Waals surface area contributed by atoms with Crippen LogP contribution >= 0.6 is 34.9 Å². The number of anilines is 2. The Bertz CT molecular complexity index is 944. The van der Waals surface area contributed by atoms with E-state index in [2.05, 4.69) is 20.0 Å². The highest BCUT2D eigenvalue weighted by Gasteiger charge is 2.22. The Labute approximate surface area is 170 Å². The number of hydrogen-bond acceptors (Lipinski definition) is 6. The highest BCUT2D eigenvalue weighted by Crippen LogP contribution is 2.35. The smallest absolute Gasteiger partial charge is 0.230 e. The predicted molar refractivity (Wildman–Crippen MR) is 113 cm³/mol. The molecule has 1 fully saturated rings. The lowest BCUT2D eigenvalue weighted by atomic mass is 10.1. The number of rotatable bonds is 7. The third-order valence-electron chi connectivity index (χ3n) is 3.97. The monoisotopic (exact) mass is 416 g/mol. The fourth-order valence-corrected chi connectivity index (χ4v) is 4.25. The molecule has 0 aliphatic heterocycles. The lowest BCUT2D eigenvalue weighted by Gasteiger charge is -2.09. The number of pyridine rings is 1. The number of halogens is 1. The van der Waals surface area contributed by atoms with Gasteiger partial charge in [-0.05, 0) is 48.6 Å². The van der Waals surface area contributed by atoms with E-state index in [1.54, 1.807) is 24.3 Å². The number of aromatic nitrogens is 2. The largest absolute Gasteiger partial charge is 0.324 e. The van der Waals surface area contributed by atoms with Gasteiger partial charge in [-0.1, -0.05) is 23.7 Å². The number of benzene rings is 1. The van der Waals surface area contributed by atoms with Crippen LogP contribution in [0, 0.1) is 0 Å². The quantitative estimate of drug-likeness (QED) is 0.514. The Kier molecular flexibility index (Phi) is 5.61. The van der Waals surface area contributed by atoms with Crippen molar-refractivity contribution in [2.45, 2.75) is 24.5 Å². The normalized spacial score (nSPS) is 13.4. The Morgan fingerprint density at radius 2 is 2.19 bits per heavy atom. The molecule has 0 atom stereocenters. The number of carbonyl (C=O) groups excluding carboxylic acids is 1. The molecule has 0 radical (unpaired) electrons. The van der Waals surface area contributed by atoms with Crippen LogP contribution in [-0.4, -0.2) is 21.1 Å². The van der Waals surface area contributed by atoms with E-state index in [1.807, 2.05) is 35.7 Å². The number of amides is 1. The highest BCUT2D eigenvalue weighted by atomic mass is 35.5. The van der Waals surface area contributed by atoms with Gasteiger partial charge in [-0.15, -0.1) is 11.3 Å². The van der Waals surface area contributed by atoms with E-state index >= 15 is 0 Å². The summed E-state index contributed by atoms with van der Waals surface area (Å²) in [7, 11) is 0. The summed E-state index contributed by atoms with van der Waals surface area (Å²) in [6.45, 7) is 0. The molecule has 8 heteroatoms. The SMILES string of the molecule is O=C(Cc1csc(NSC2CC2)n1)Nc1ccc(-c2cccnc2)cc1Cl. The maximum absolute atomic E-state index is 12.3. The van der Waals surface area contributed by atoms with Crippen LogP contribution in [0.5, 0.6) is 0 Å². The van der Waals surface area contributed by atoms with E-state index in [4.69, 9.17) is 11.6 Å². The molecule has 1 aliphatic carbocycles. The zero-order valence-electron chi connectivity index (χ0n) is 14.3. The lowest BCUT2D eigenvalue weighted by molar-refractivity contribution is -0.115. The van der Waals surface area contributed by atoms with E-state index in [0.29, 0.717) is 16.0 Å². The van der Waals surface area contributed by atoms with Crippen molar-refractivity contribution in [3.05, 3.63) is 58.8 Å². The van der Waals surface area contributed by atoms with Crippen molar-refractivity contribution in [1.82, 2.24) is 9.97 Å². The summed E-state index contributed by atoms with van der Waals surface area (Å²) in [6, 6.07) is 9.39. The first-order chi connectivity index (χ1) is 13.2. The van der Waals surface area contributed by atoms with Crippen molar-refractivity contribution in [2.75, 3.05) is 10.0 Å². The molecule has 0 unspecified atom stereocenters. The van der Waals surface area contributed by atoms with E-state index < -0.39 is 0 Å². The predicted octanol–water partition coefficient (Wildman–Crippen LogP) is 5.26. The van der Waals surface area contributed by atoms with Crippen molar-refractivity contribution in [3.8, 4) is 11.1 Å². The summed E-state index contributed by atoms with van der Waals surface area (Å²) in [4.78, 5) is 20.9. The van der Waals surface area contributed by atoms with Gasteiger partial charge in [0.2, 0.25) is 5.91 Å². The summed E-state index contributed by atoms with van der Waals surface area (Å²) in [5.41, 5.74) is 3.27. The summed E-state index contributed by atoms with van der Waals surface area (Å²) >= 11 is 9.57. The first-order valence-electron chi connectivity index (χ1n) is 8.53. The number of hydrogen-bond donors (Lipinski definition) is 2. The van der Waals surface area contributed by atoms with E-state index in [0.717, 1.165) is 22.0 Å². The summed E-state index contributed by atoms with van der Waals surface area (Å²) in [6.07, 6.45) is 6.24.